The fourth-order valence-electron chi connectivity index (χ4n) is 5.26. The third-order valence-corrected chi connectivity index (χ3v) is 7.87. The van der Waals surface area contributed by atoms with E-state index >= 15 is 0 Å². The minimum atomic E-state index is -1.83. The number of rotatable bonds is 24. The lowest BCUT2D eigenvalue weighted by molar-refractivity contribution is -0.142. The van der Waals surface area contributed by atoms with Gasteiger partial charge in [0.1, 0.15) is 5.60 Å². The predicted octanol–water partition coefficient (Wildman–Crippen LogP) is 7.69. The minimum absolute atomic E-state index is 0.339. The minimum Gasteiger partial charge on any atom is -0.500 e. The Kier molecular flexibility index (Phi) is 20.0. The number of unbranched alkanes of at least 4 members (excludes halogenated alkanes) is 11. The van der Waals surface area contributed by atoms with E-state index in [-0.39, 0.29) is 5.92 Å². The molecule has 0 rings (SSSR count). The van der Waals surface area contributed by atoms with E-state index in [0.717, 1.165) is 38.8 Å². The number of aliphatic hydroxyl groups is 2. The standard InChI is InChI=1S/C28H55NO4S/c1-5-9-10-11-12-13-14-15-16-17-18-19-20-24(28(33,27(32)34)23-26(30)31)21-22-25(6-2)29(7-3)8-4/h24-25,33H,5-23H2,1-4H3,(H,30,31)(H,32,34). The lowest BCUT2D eigenvalue weighted by atomic mass is 9.77. The highest BCUT2D eigenvalue weighted by molar-refractivity contribution is 7.80. The van der Waals surface area contributed by atoms with Gasteiger partial charge in [-0.25, -0.2) is 0 Å². The second-order valence-corrected chi connectivity index (χ2v) is 10.4. The van der Waals surface area contributed by atoms with Crippen molar-refractivity contribution < 1.29 is 20.1 Å². The first-order valence-electron chi connectivity index (χ1n) is 14.2. The molecule has 0 radical (unpaired) electrons. The highest BCUT2D eigenvalue weighted by Crippen LogP contribution is 2.33. The lowest BCUT2D eigenvalue weighted by Gasteiger charge is -2.36. The van der Waals surface area contributed by atoms with Gasteiger partial charge in [0.2, 0.25) is 0 Å². The average molecular weight is 502 g/mol. The van der Waals surface area contributed by atoms with Crippen molar-refractivity contribution in [2.24, 2.45) is 5.92 Å². The van der Waals surface area contributed by atoms with Crippen molar-refractivity contribution in [3.05, 3.63) is 0 Å². The Morgan fingerprint density at radius 3 is 1.62 bits per heavy atom. The Morgan fingerprint density at radius 1 is 0.765 bits per heavy atom. The molecule has 3 atom stereocenters. The largest absolute Gasteiger partial charge is 0.500 e. The van der Waals surface area contributed by atoms with Crippen LogP contribution in [-0.2, 0) is 4.79 Å². The van der Waals surface area contributed by atoms with Crippen LogP contribution < -0.4 is 0 Å². The van der Waals surface area contributed by atoms with Gasteiger partial charge in [0.05, 0.1) is 6.42 Å². The van der Waals surface area contributed by atoms with Crippen molar-refractivity contribution in [2.75, 3.05) is 13.1 Å². The van der Waals surface area contributed by atoms with Crippen LogP contribution in [0, 0.1) is 5.92 Å². The second-order valence-electron chi connectivity index (χ2n) is 10.0. The van der Waals surface area contributed by atoms with Crippen LogP contribution >= 0.6 is 12.2 Å². The molecule has 0 saturated heterocycles. The van der Waals surface area contributed by atoms with Crippen molar-refractivity contribution in [2.45, 2.75) is 148 Å². The summed E-state index contributed by atoms with van der Waals surface area (Å²) in [5, 5.41) is 30.1. The van der Waals surface area contributed by atoms with Gasteiger partial charge in [0.25, 0.3) is 0 Å². The van der Waals surface area contributed by atoms with E-state index in [1.165, 1.54) is 64.2 Å². The number of nitrogens with zero attached hydrogens (tertiary/aromatic N) is 1. The fraction of sp³-hybridized carbons (Fsp3) is 0.929. The molecule has 0 spiro atoms. The zero-order valence-electron chi connectivity index (χ0n) is 22.7. The van der Waals surface area contributed by atoms with E-state index in [9.17, 15) is 20.1 Å². The Balaban J connectivity index is 4.67. The lowest BCUT2D eigenvalue weighted by Crippen LogP contribution is -2.47. The SMILES string of the molecule is CCCCCCCCCCCCCCC(CCC(CC)N(CC)CC)C(O)(CC(=O)O)C(O)=S. The molecule has 34 heavy (non-hydrogen) atoms. The van der Waals surface area contributed by atoms with Crippen LogP contribution in [0.25, 0.3) is 0 Å². The van der Waals surface area contributed by atoms with Gasteiger partial charge in [-0.3, -0.25) is 4.79 Å². The molecule has 0 bridgehead atoms. The smallest absolute Gasteiger partial charge is 0.306 e. The van der Waals surface area contributed by atoms with Crippen LogP contribution in [0.4, 0.5) is 0 Å². The Labute approximate surface area is 215 Å². The van der Waals surface area contributed by atoms with Gasteiger partial charge < -0.3 is 20.2 Å². The molecular weight excluding hydrogens is 446 g/mol. The highest BCUT2D eigenvalue weighted by atomic mass is 32.1. The van der Waals surface area contributed by atoms with Crippen LogP contribution in [0.15, 0.2) is 0 Å². The molecule has 6 heteroatoms. The maximum Gasteiger partial charge on any atom is 0.306 e. The van der Waals surface area contributed by atoms with E-state index < -0.39 is 23.0 Å². The molecule has 202 valence electrons. The number of aliphatic carboxylic acids is 1. The van der Waals surface area contributed by atoms with Gasteiger partial charge in [-0.05, 0) is 56.9 Å². The monoisotopic (exact) mass is 501 g/mol. The summed E-state index contributed by atoms with van der Waals surface area (Å²) in [6.45, 7) is 10.7. The van der Waals surface area contributed by atoms with Crippen molar-refractivity contribution in [1.29, 1.82) is 0 Å². The van der Waals surface area contributed by atoms with E-state index in [4.69, 9.17) is 12.2 Å². The Hall–Kier alpha value is -0.720. The summed E-state index contributed by atoms with van der Waals surface area (Å²) < 4.78 is 0. The van der Waals surface area contributed by atoms with Crippen LogP contribution in [0.3, 0.4) is 0 Å². The maximum absolute atomic E-state index is 11.5. The molecule has 0 amide bonds. The molecule has 0 heterocycles. The van der Waals surface area contributed by atoms with Crippen LogP contribution in [0.2, 0.25) is 0 Å². The van der Waals surface area contributed by atoms with E-state index in [2.05, 4.69) is 32.6 Å². The number of hydrogen-bond acceptors (Lipinski definition) is 4. The zero-order chi connectivity index (χ0) is 25.8. The van der Waals surface area contributed by atoms with E-state index in [0.29, 0.717) is 18.9 Å². The fourth-order valence-corrected chi connectivity index (χ4v) is 5.50. The Bertz CT molecular complexity index is 527. The highest BCUT2D eigenvalue weighted by Gasteiger charge is 2.42. The summed E-state index contributed by atoms with van der Waals surface area (Å²) in [7, 11) is 0. The van der Waals surface area contributed by atoms with Crippen LogP contribution in [0.5, 0.6) is 0 Å². The van der Waals surface area contributed by atoms with Gasteiger partial charge in [-0.2, -0.15) is 0 Å². The van der Waals surface area contributed by atoms with Crippen molar-refractivity contribution in [1.82, 2.24) is 4.90 Å². The van der Waals surface area contributed by atoms with E-state index in [1.807, 2.05) is 0 Å². The van der Waals surface area contributed by atoms with Crippen molar-refractivity contribution >= 4 is 23.2 Å². The number of carboxylic acids is 1. The topological polar surface area (TPSA) is 81.0 Å². The van der Waals surface area contributed by atoms with Crippen molar-refractivity contribution in [3.8, 4) is 0 Å². The molecule has 5 nitrogen and oxygen atoms in total. The van der Waals surface area contributed by atoms with Crippen molar-refractivity contribution in [3.63, 3.8) is 0 Å². The first kappa shape index (κ1) is 33.3. The third kappa shape index (κ3) is 14.0. The van der Waals surface area contributed by atoms with Gasteiger partial charge in [-0.1, -0.05) is 105 Å². The molecule has 3 N–H and O–H groups in total. The summed E-state index contributed by atoms with van der Waals surface area (Å²) in [6.07, 6.45) is 17.8. The van der Waals surface area contributed by atoms with Crippen LogP contribution in [-0.4, -0.2) is 56.0 Å². The first-order chi connectivity index (χ1) is 16.3. The van der Waals surface area contributed by atoms with Gasteiger partial charge >= 0.3 is 5.97 Å². The molecule has 0 aliphatic carbocycles. The molecule has 0 aliphatic heterocycles. The molecular formula is C28H55NO4S. The molecule has 0 aromatic heterocycles. The predicted molar refractivity (Wildman–Crippen MR) is 148 cm³/mol. The first-order valence-corrected chi connectivity index (χ1v) is 14.6. The summed E-state index contributed by atoms with van der Waals surface area (Å²) in [5.74, 6) is -1.47. The third-order valence-electron chi connectivity index (χ3n) is 7.52. The Morgan fingerprint density at radius 2 is 1.24 bits per heavy atom. The quantitative estimate of drug-likeness (QED) is 0.0929. The average Bonchev–Trinajstić information content (AvgIpc) is 2.80. The summed E-state index contributed by atoms with van der Waals surface area (Å²) in [5.41, 5.74) is -1.83. The van der Waals surface area contributed by atoms with Gasteiger partial charge in [0, 0.05) is 6.04 Å². The van der Waals surface area contributed by atoms with E-state index in [1.54, 1.807) is 0 Å². The van der Waals surface area contributed by atoms with Crippen LogP contribution in [0.1, 0.15) is 137 Å². The van der Waals surface area contributed by atoms with Gasteiger partial charge in [-0.15, -0.1) is 0 Å². The number of carbonyl (C=O) groups is 1. The summed E-state index contributed by atoms with van der Waals surface area (Å²) in [4.78, 5) is 13.9. The summed E-state index contributed by atoms with van der Waals surface area (Å²) in [6, 6.07) is 0.390. The van der Waals surface area contributed by atoms with Gasteiger partial charge in [0.15, 0.2) is 5.05 Å². The number of aliphatic hydroxyl groups excluding tert-OH is 1. The normalized spacial score (nSPS) is 15.2. The molecule has 3 unspecified atom stereocenters. The number of thiocarbonyl (C=S) groups is 1. The summed E-state index contributed by atoms with van der Waals surface area (Å²) >= 11 is 4.96. The molecule has 0 aromatic carbocycles. The molecule has 0 saturated carbocycles. The second kappa shape index (κ2) is 20.5. The maximum atomic E-state index is 11.5. The molecule has 0 aromatic rings. The zero-order valence-corrected chi connectivity index (χ0v) is 23.5. The number of carboxylic acid groups (broad SMARTS) is 1. The molecule has 0 fully saturated rings. The molecule has 0 aliphatic rings. The number of hydrogen-bond donors (Lipinski definition) is 3.